The molecule has 2 rings (SSSR count). The molecule has 0 aliphatic rings. The molecule has 0 aliphatic carbocycles. The van der Waals surface area contributed by atoms with E-state index in [4.69, 9.17) is 11.6 Å². The number of nitrogens with one attached hydrogen (secondary N) is 1. The van der Waals surface area contributed by atoms with Crippen LogP contribution in [0.3, 0.4) is 0 Å². The van der Waals surface area contributed by atoms with Crippen LogP contribution in [0.25, 0.3) is 12.2 Å². The summed E-state index contributed by atoms with van der Waals surface area (Å²) >= 11 is 6.33. The standard InChI is InChI=1S/C21H23ClN4/c1-5-8-18(22)11-20-19(6-2)15(4)25-26-21(20)24-13-17-10-7-9-16(12-23)14(17)3/h6-11H,5,13H2,1-4H3,(H,24,26)/b18-8-,19-6-,20-11+. The third-order valence-corrected chi connectivity index (χ3v) is 4.48. The van der Waals surface area contributed by atoms with Gasteiger partial charge in [0.15, 0.2) is 5.82 Å². The van der Waals surface area contributed by atoms with Gasteiger partial charge in [-0.05, 0) is 50.5 Å². The van der Waals surface area contributed by atoms with Gasteiger partial charge >= 0.3 is 0 Å². The molecule has 1 N–H and O–H groups in total. The molecular weight excluding hydrogens is 344 g/mol. The Hall–Kier alpha value is -2.64. The molecule has 134 valence electrons. The van der Waals surface area contributed by atoms with E-state index in [-0.39, 0.29) is 0 Å². The van der Waals surface area contributed by atoms with E-state index in [0.29, 0.717) is 23.0 Å². The monoisotopic (exact) mass is 366 g/mol. The van der Waals surface area contributed by atoms with Crippen LogP contribution in [0.1, 0.15) is 42.7 Å². The second-order valence-electron chi connectivity index (χ2n) is 5.95. The van der Waals surface area contributed by atoms with Crippen LogP contribution in [0.2, 0.25) is 0 Å². The van der Waals surface area contributed by atoms with Crippen molar-refractivity contribution >= 4 is 29.6 Å². The number of halogens is 1. The van der Waals surface area contributed by atoms with E-state index in [9.17, 15) is 5.26 Å². The highest BCUT2D eigenvalue weighted by atomic mass is 35.5. The Bertz CT molecular complexity index is 984. The topological polar surface area (TPSA) is 61.6 Å². The van der Waals surface area contributed by atoms with Crippen molar-refractivity contribution in [1.82, 2.24) is 10.2 Å². The van der Waals surface area contributed by atoms with Crippen LogP contribution in [0.5, 0.6) is 0 Å². The van der Waals surface area contributed by atoms with Gasteiger partial charge in [-0.3, -0.25) is 0 Å². The van der Waals surface area contributed by atoms with Crippen LogP contribution in [0.15, 0.2) is 29.3 Å². The molecule has 5 heteroatoms. The maximum absolute atomic E-state index is 9.20. The van der Waals surface area contributed by atoms with E-state index in [2.05, 4.69) is 21.6 Å². The minimum Gasteiger partial charge on any atom is -0.364 e. The molecule has 0 amide bonds. The molecule has 0 radical (unpaired) electrons. The van der Waals surface area contributed by atoms with Crippen molar-refractivity contribution in [3.05, 3.63) is 62.1 Å². The molecule has 0 fully saturated rings. The lowest BCUT2D eigenvalue weighted by molar-refractivity contribution is 0.938. The summed E-state index contributed by atoms with van der Waals surface area (Å²) in [4.78, 5) is 0. The smallest absolute Gasteiger partial charge is 0.156 e. The number of aromatic nitrogens is 2. The number of allylic oxidation sites excluding steroid dienone is 2. The van der Waals surface area contributed by atoms with E-state index < -0.39 is 0 Å². The highest BCUT2D eigenvalue weighted by Crippen LogP contribution is 2.14. The van der Waals surface area contributed by atoms with Crippen LogP contribution in [-0.2, 0) is 6.54 Å². The first-order chi connectivity index (χ1) is 12.5. The fraction of sp³-hybridized carbons (Fsp3) is 0.286. The molecule has 1 heterocycles. The SMILES string of the molecule is C/C=c1/c(C)nnc(NCc2cccc(C#N)c2C)/c1=C/C(Cl)=C/CC. The lowest BCUT2D eigenvalue weighted by Crippen LogP contribution is -2.33. The number of hydrogen-bond donors (Lipinski definition) is 1. The van der Waals surface area contributed by atoms with Crippen molar-refractivity contribution in [2.75, 3.05) is 5.32 Å². The van der Waals surface area contributed by atoms with Gasteiger partial charge in [0, 0.05) is 22.0 Å². The second-order valence-corrected chi connectivity index (χ2v) is 6.38. The number of hydrogen-bond acceptors (Lipinski definition) is 4. The third-order valence-electron chi connectivity index (χ3n) is 4.22. The van der Waals surface area contributed by atoms with E-state index in [1.807, 2.05) is 64.1 Å². The summed E-state index contributed by atoms with van der Waals surface area (Å²) in [5, 5.41) is 23.7. The molecule has 0 atom stereocenters. The average molecular weight is 367 g/mol. The molecule has 0 saturated carbocycles. The van der Waals surface area contributed by atoms with Gasteiger partial charge in [0.25, 0.3) is 0 Å². The Balaban J connectivity index is 2.48. The Morgan fingerprint density at radius 1 is 1.27 bits per heavy atom. The van der Waals surface area contributed by atoms with E-state index in [1.54, 1.807) is 0 Å². The highest BCUT2D eigenvalue weighted by molar-refractivity contribution is 6.34. The van der Waals surface area contributed by atoms with Crippen molar-refractivity contribution in [3.8, 4) is 6.07 Å². The lowest BCUT2D eigenvalue weighted by atomic mass is 10.0. The first-order valence-electron chi connectivity index (χ1n) is 8.61. The lowest BCUT2D eigenvalue weighted by Gasteiger charge is -2.10. The van der Waals surface area contributed by atoms with E-state index >= 15 is 0 Å². The summed E-state index contributed by atoms with van der Waals surface area (Å²) < 4.78 is 0. The third kappa shape index (κ3) is 4.50. The van der Waals surface area contributed by atoms with Crippen LogP contribution >= 0.6 is 11.6 Å². The summed E-state index contributed by atoms with van der Waals surface area (Å²) in [5.74, 6) is 0.674. The molecule has 0 saturated heterocycles. The van der Waals surface area contributed by atoms with Crippen molar-refractivity contribution in [1.29, 1.82) is 5.26 Å². The number of anilines is 1. The molecule has 26 heavy (non-hydrogen) atoms. The van der Waals surface area contributed by atoms with E-state index in [1.165, 1.54) is 0 Å². The molecule has 4 nitrogen and oxygen atoms in total. The van der Waals surface area contributed by atoms with Crippen molar-refractivity contribution in [2.45, 2.75) is 40.7 Å². The number of aryl methyl sites for hydroxylation is 1. The molecule has 1 aromatic heterocycles. The zero-order valence-corrected chi connectivity index (χ0v) is 16.4. The predicted octanol–water partition coefficient (Wildman–Crippen LogP) is 3.69. The zero-order chi connectivity index (χ0) is 19.1. The Morgan fingerprint density at radius 2 is 2.04 bits per heavy atom. The average Bonchev–Trinajstić information content (AvgIpc) is 2.62. The van der Waals surface area contributed by atoms with Gasteiger partial charge in [-0.15, -0.1) is 5.10 Å². The molecular formula is C21H23ClN4. The van der Waals surface area contributed by atoms with Crippen LogP contribution in [-0.4, -0.2) is 10.2 Å². The first kappa shape index (κ1) is 19.7. The van der Waals surface area contributed by atoms with Gasteiger partial charge in [-0.2, -0.15) is 10.4 Å². The van der Waals surface area contributed by atoms with Crippen molar-refractivity contribution in [3.63, 3.8) is 0 Å². The van der Waals surface area contributed by atoms with Gasteiger partial charge in [0.05, 0.1) is 17.3 Å². The molecule has 2 aromatic rings. The van der Waals surface area contributed by atoms with Gasteiger partial charge in [-0.25, -0.2) is 0 Å². The maximum Gasteiger partial charge on any atom is 0.156 e. The summed E-state index contributed by atoms with van der Waals surface area (Å²) in [6, 6.07) is 7.94. The molecule has 1 aromatic carbocycles. The number of nitriles is 1. The maximum atomic E-state index is 9.20. The molecule has 0 bridgehead atoms. The van der Waals surface area contributed by atoms with Crippen LogP contribution < -0.4 is 15.8 Å². The summed E-state index contributed by atoms with van der Waals surface area (Å²) in [6.07, 6.45) is 6.75. The van der Waals surface area contributed by atoms with Crippen molar-refractivity contribution in [2.24, 2.45) is 0 Å². The fourth-order valence-electron chi connectivity index (χ4n) is 2.76. The molecule has 0 aliphatic heterocycles. The minimum absolute atomic E-state index is 0.554. The van der Waals surface area contributed by atoms with Gasteiger partial charge < -0.3 is 5.32 Å². The molecule has 0 spiro atoms. The molecule has 0 unspecified atom stereocenters. The Labute approximate surface area is 159 Å². The first-order valence-corrected chi connectivity index (χ1v) is 8.99. The summed E-state index contributed by atoms with van der Waals surface area (Å²) in [6.45, 7) is 8.46. The van der Waals surface area contributed by atoms with Gasteiger partial charge in [0.1, 0.15) is 0 Å². The minimum atomic E-state index is 0.554. The summed E-state index contributed by atoms with van der Waals surface area (Å²) in [7, 11) is 0. The van der Waals surface area contributed by atoms with Crippen molar-refractivity contribution < 1.29 is 0 Å². The quantitative estimate of drug-likeness (QED) is 0.876. The number of benzene rings is 1. The highest BCUT2D eigenvalue weighted by Gasteiger charge is 2.07. The summed E-state index contributed by atoms with van der Waals surface area (Å²) in [5.41, 5.74) is 3.56. The zero-order valence-electron chi connectivity index (χ0n) is 15.6. The Morgan fingerprint density at radius 3 is 2.69 bits per heavy atom. The number of rotatable bonds is 5. The van der Waals surface area contributed by atoms with Gasteiger partial charge in [-0.1, -0.05) is 42.8 Å². The Kier molecular flexibility index (Phi) is 6.94. The van der Waals surface area contributed by atoms with Crippen LogP contribution in [0.4, 0.5) is 5.82 Å². The predicted molar refractivity (Wildman–Crippen MR) is 108 cm³/mol. The van der Waals surface area contributed by atoms with E-state index in [0.717, 1.165) is 33.7 Å². The van der Waals surface area contributed by atoms with Crippen LogP contribution in [0, 0.1) is 25.2 Å². The normalized spacial score (nSPS) is 13.0. The second kappa shape index (κ2) is 9.17. The fourth-order valence-corrected chi connectivity index (χ4v) is 3.03. The number of nitrogens with zero attached hydrogens (tertiary/aromatic N) is 3. The largest absolute Gasteiger partial charge is 0.364 e. The van der Waals surface area contributed by atoms with Gasteiger partial charge in [0.2, 0.25) is 0 Å².